The summed E-state index contributed by atoms with van der Waals surface area (Å²) in [6.45, 7) is 4.06. The van der Waals surface area contributed by atoms with E-state index in [9.17, 15) is 8.42 Å². The van der Waals surface area contributed by atoms with E-state index in [2.05, 4.69) is 14.7 Å². The summed E-state index contributed by atoms with van der Waals surface area (Å²) in [6, 6.07) is 0. The molecule has 0 radical (unpaired) electrons. The van der Waals surface area contributed by atoms with Gasteiger partial charge in [-0.1, -0.05) is 5.11 Å². The van der Waals surface area contributed by atoms with Gasteiger partial charge in [-0.3, -0.25) is 0 Å². The number of azide groups is 1. The molecule has 0 amide bonds. The first kappa shape index (κ1) is 14.2. The Balaban J connectivity index is 3.72. The van der Waals surface area contributed by atoms with Crippen LogP contribution in [0.5, 0.6) is 0 Å². The maximum absolute atomic E-state index is 11.2. The smallest absolute Gasteiger partial charge is 0.213 e. The summed E-state index contributed by atoms with van der Waals surface area (Å²) < 4.78 is 29.9. The van der Waals surface area contributed by atoms with Crippen molar-refractivity contribution < 1.29 is 13.2 Å². The highest BCUT2D eigenvalue weighted by Gasteiger charge is 2.09. The first-order valence-electron chi connectivity index (χ1n) is 4.57. The van der Waals surface area contributed by atoms with Gasteiger partial charge in [-0.2, -0.15) is 0 Å². The number of hydrogen-bond donors (Lipinski definition) is 1. The van der Waals surface area contributed by atoms with Crippen molar-refractivity contribution in [1.29, 1.82) is 0 Å². The predicted octanol–water partition coefficient (Wildman–Crippen LogP) is 0.641. The van der Waals surface area contributed by atoms with Gasteiger partial charge in [-0.05, 0) is 19.4 Å². The Hall–Kier alpha value is -0.820. The van der Waals surface area contributed by atoms with E-state index < -0.39 is 10.0 Å². The van der Waals surface area contributed by atoms with Crippen molar-refractivity contribution in [2.75, 3.05) is 25.4 Å². The summed E-state index contributed by atoms with van der Waals surface area (Å²) in [4.78, 5) is 2.51. The Morgan fingerprint density at radius 1 is 1.53 bits per heavy atom. The van der Waals surface area contributed by atoms with E-state index in [-0.39, 0.29) is 31.6 Å². The van der Waals surface area contributed by atoms with E-state index in [4.69, 9.17) is 10.3 Å². The van der Waals surface area contributed by atoms with Crippen molar-refractivity contribution in [3.63, 3.8) is 0 Å². The molecule has 1 N–H and O–H groups in total. The zero-order chi connectivity index (χ0) is 11.7. The Labute approximate surface area is 89.5 Å². The van der Waals surface area contributed by atoms with E-state index in [0.717, 1.165) is 0 Å². The van der Waals surface area contributed by atoms with Gasteiger partial charge in [0.05, 0.1) is 18.5 Å². The molecule has 0 saturated carbocycles. The highest BCUT2D eigenvalue weighted by atomic mass is 32.2. The third-order valence-corrected chi connectivity index (χ3v) is 2.75. The topological polar surface area (TPSA) is 104 Å². The van der Waals surface area contributed by atoms with Gasteiger partial charge in [0.25, 0.3) is 0 Å². The number of ether oxygens (including phenoxy) is 1. The monoisotopic (exact) mass is 236 g/mol. The molecule has 0 aliphatic heterocycles. The first-order valence-corrected chi connectivity index (χ1v) is 6.23. The Kier molecular flexibility index (Phi) is 7.06. The van der Waals surface area contributed by atoms with Gasteiger partial charge < -0.3 is 4.74 Å². The van der Waals surface area contributed by atoms with E-state index in [1.807, 2.05) is 13.8 Å². The minimum Gasteiger partial charge on any atom is -0.378 e. The number of sulfonamides is 1. The molecule has 0 aliphatic carbocycles. The van der Waals surface area contributed by atoms with E-state index in [1.165, 1.54) is 0 Å². The van der Waals surface area contributed by atoms with Crippen molar-refractivity contribution in [3.05, 3.63) is 10.4 Å². The maximum Gasteiger partial charge on any atom is 0.213 e. The van der Waals surface area contributed by atoms with Crippen molar-refractivity contribution >= 4 is 10.0 Å². The lowest BCUT2D eigenvalue weighted by Gasteiger charge is -2.08. The molecule has 7 nitrogen and oxygen atoms in total. The predicted molar refractivity (Wildman–Crippen MR) is 56.9 cm³/mol. The normalized spacial score (nSPS) is 11.4. The second kappa shape index (κ2) is 7.47. The molecule has 88 valence electrons. The molecule has 0 aromatic rings. The summed E-state index contributed by atoms with van der Waals surface area (Å²) in [6.07, 6.45) is 0.0170. The van der Waals surface area contributed by atoms with Gasteiger partial charge in [0.1, 0.15) is 0 Å². The van der Waals surface area contributed by atoms with Crippen LogP contribution in [0.4, 0.5) is 0 Å². The first-order chi connectivity index (χ1) is 6.98. The van der Waals surface area contributed by atoms with Crippen LogP contribution in [0.1, 0.15) is 13.8 Å². The molecule has 0 heterocycles. The van der Waals surface area contributed by atoms with Crippen LogP contribution in [0.25, 0.3) is 10.4 Å². The fourth-order valence-electron chi connectivity index (χ4n) is 0.762. The van der Waals surface area contributed by atoms with Crippen LogP contribution in [0, 0.1) is 0 Å². The Morgan fingerprint density at radius 2 is 2.20 bits per heavy atom. The summed E-state index contributed by atoms with van der Waals surface area (Å²) >= 11 is 0. The molecule has 8 heteroatoms. The van der Waals surface area contributed by atoms with Crippen LogP contribution >= 0.6 is 0 Å². The van der Waals surface area contributed by atoms with Crippen LogP contribution in [-0.2, 0) is 14.8 Å². The second-order valence-corrected chi connectivity index (χ2v) is 5.01. The zero-order valence-electron chi connectivity index (χ0n) is 8.88. The minimum absolute atomic E-state index is 0.0170. The van der Waals surface area contributed by atoms with Gasteiger partial charge in [-0.25, -0.2) is 13.1 Å². The third-order valence-electron chi connectivity index (χ3n) is 1.40. The highest BCUT2D eigenvalue weighted by molar-refractivity contribution is 7.89. The largest absolute Gasteiger partial charge is 0.378 e. The quantitative estimate of drug-likeness (QED) is 0.289. The number of nitrogens with one attached hydrogen (secondary N) is 1. The van der Waals surface area contributed by atoms with Gasteiger partial charge in [-0.15, -0.1) is 0 Å². The molecular formula is C7H16N4O3S. The average Bonchev–Trinajstić information content (AvgIpc) is 2.11. The Morgan fingerprint density at radius 3 is 2.73 bits per heavy atom. The SMILES string of the molecule is CC(C)OCCS(=O)(=O)NCCN=[N+]=[N-]. The number of hydrogen-bond acceptors (Lipinski definition) is 4. The van der Waals surface area contributed by atoms with Crippen molar-refractivity contribution in [2.45, 2.75) is 20.0 Å². The molecule has 0 fully saturated rings. The molecular weight excluding hydrogens is 220 g/mol. The summed E-state index contributed by atoms with van der Waals surface area (Å²) in [5, 5.41) is 3.21. The van der Waals surface area contributed by atoms with Crippen molar-refractivity contribution in [3.8, 4) is 0 Å². The molecule has 0 unspecified atom stereocenters. The lowest BCUT2D eigenvalue weighted by molar-refractivity contribution is 0.0911. The van der Waals surface area contributed by atoms with Gasteiger partial charge in [0, 0.05) is 18.0 Å². The van der Waals surface area contributed by atoms with E-state index in [1.54, 1.807) is 0 Å². The second-order valence-electron chi connectivity index (χ2n) is 3.09. The van der Waals surface area contributed by atoms with E-state index in [0.29, 0.717) is 0 Å². The lowest BCUT2D eigenvalue weighted by Crippen LogP contribution is -2.30. The van der Waals surface area contributed by atoms with E-state index >= 15 is 0 Å². The molecule has 0 rings (SSSR count). The fourth-order valence-corrected chi connectivity index (χ4v) is 1.62. The molecule has 0 aliphatic rings. The summed E-state index contributed by atoms with van der Waals surface area (Å²) in [5.41, 5.74) is 7.96. The molecule has 0 atom stereocenters. The van der Waals surface area contributed by atoms with Gasteiger partial charge in [0.2, 0.25) is 10.0 Å². The molecule has 0 aromatic heterocycles. The molecule has 15 heavy (non-hydrogen) atoms. The average molecular weight is 236 g/mol. The van der Waals surface area contributed by atoms with Crippen LogP contribution in [0.2, 0.25) is 0 Å². The number of nitrogens with zero attached hydrogens (tertiary/aromatic N) is 3. The molecule has 0 saturated heterocycles. The lowest BCUT2D eigenvalue weighted by atomic mass is 10.5. The van der Waals surface area contributed by atoms with Crippen LogP contribution in [0.3, 0.4) is 0 Å². The van der Waals surface area contributed by atoms with Gasteiger partial charge >= 0.3 is 0 Å². The summed E-state index contributed by atoms with van der Waals surface area (Å²) in [7, 11) is -3.32. The van der Waals surface area contributed by atoms with Gasteiger partial charge in [0.15, 0.2) is 0 Å². The van der Waals surface area contributed by atoms with Crippen molar-refractivity contribution in [1.82, 2.24) is 4.72 Å². The van der Waals surface area contributed by atoms with Crippen LogP contribution in [0.15, 0.2) is 5.11 Å². The standard InChI is InChI=1S/C7H16N4O3S/c1-7(2)14-5-6-15(12,13)10-4-3-9-11-8/h7,10H,3-6H2,1-2H3. The molecule has 0 aromatic carbocycles. The fraction of sp³-hybridized carbons (Fsp3) is 1.00. The maximum atomic E-state index is 11.2. The number of rotatable bonds is 8. The Bertz CT molecular complexity index is 308. The zero-order valence-corrected chi connectivity index (χ0v) is 9.70. The minimum atomic E-state index is -3.32. The summed E-state index contributed by atoms with van der Waals surface area (Å²) in [5.74, 6) is -0.0819. The third kappa shape index (κ3) is 9.48. The van der Waals surface area contributed by atoms with Crippen LogP contribution < -0.4 is 4.72 Å². The molecule has 0 spiro atoms. The van der Waals surface area contributed by atoms with Crippen molar-refractivity contribution in [2.24, 2.45) is 5.11 Å². The highest BCUT2D eigenvalue weighted by Crippen LogP contribution is 1.90. The van der Waals surface area contributed by atoms with Crippen LogP contribution in [-0.4, -0.2) is 40.0 Å². The molecule has 0 bridgehead atoms.